The average Bonchev–Trinajstić information content (AvgIpc) is 2.49. The van der Waals surface area contributed by atoms with Gasteiger partial charge in [0, 0.05) is 0 Å². The summed E-state index contributed by atoms with van der Waals surface area (Å²) in [4.78, 5) is -0.0449. The summed E-state index contributed by atoms with van der Waals surface area (Å²) in [5, 5.41) is 9.69. The van der Waals surface area contributed by atoms with Crippen LogP contribution in [0.1, 0.15) is 12.5 Å². The molecule has 124 valence electrons. The molecular weight excluding hydrogens is 323 g/mol. The Labute approximate surface area is 134 Å². The second-order valence-electron chi connectivity index (χ2n) is 5.04. The summed E-state index contributed by atoms with van der Waals surface area (Å²) in [5.41, 5.74) is 0.901. The molecule has 0 aliphatic heterocycles. The Balaban J connectivity index is 2.18. The molecule has 0 fully saturated rings. The molecule has 1 N–H and O–H groups in total. The van der Waals surface area contributed by atoms with Crippen LogP contribution in [0, 0.1) is 12.7 Å². The fourth-order valence-electron chi connectivity index (χ4n) is 1.73. The Hall–Kier alpha value is -1.96. The highest BCUT2D eigenvalue weighted by Crippen LogP contribution is 2.20. The van der Waals surface area contributed by atoms with E-state index in [-0.39, 0.29) is 10.6 Å². The molecule has 2 atom stereocenters. The number of aliphatic hydroxyl groups excluding tert-OH is 1. The van der Waals surface area contributed by atoms with Crippen LogP contribution in [0.4, 0.5) is 4.39 Å². The number of halogens is 1. The van der Waals surface area contributed by atoms with Crippen LogP contribution in [0.3, 0.4) is 0 Å². The van der Waals surface area contributed by atoms with Crippen molar-refractivity contribution in [2.45, 2.75) is 31.1 Å². The standard InChI is InChI=1S/C16H17FO5S/c1-11-3-9-15(10-4-11)23(19,20)22-16(12(2)18)21-14-7-5-13(17)6-8-14/h3-10,12,16,18H,1-2H3/t12-,16?/m1/s1. The quantitative estimate of drug-likeness (QED) is 0.646. The molecule has 2 aromatic carbocycles. The van der Waals surface area contributed by atoms with Gasteiger partial charge in [-0.05, 0) is 50.2 Å². The van der Waals surface area contributed by atoms with Crippen molar-refractivity contribution in [3.05, 3.63) is 59.9 Å². The third-order valence-electron chi connectivity index (χ3n) is 2.99. The first kappa shape index (κ1) is 17.4. The molecule has 0 amide bonds. The highest BCUT2D eigenvalue weighted by atomic mass is 32.2. The molecule has 0 aliphatic carbocycles. The molecular formula is C16H17FO5S. The topological polar surface area (TPSA) is 72.8 Å². The molecule has 0 aliphatic rings. The van der Waals surface area contributed by atoms with Crippen LogP contribution in [0.2, 0.25) is 0 Å². The summed E-state index contributed by atoms with van der Waals surface area (Å²) < 4.78 is 47.6. The van der Waals surface area contributed by atoms with Crippen molar-refractivity contribution in [2.75, 3.05) is 0 Å². The molecule has 0 heterocycles. The van der Waals surface area contributed by atoms with Crippen LogP contribution in [-0.4, -0.2) is 25.9 Å². The fraction of sp³-hybridized carbons (Fsp3) is 0.250. The van der Waals surface area contributed by atoms with Gasteiger partial charge in [0.1, 0.15) is 17.7 Å². The number of aryl methyl sites for hydroxylation is 1. The molecule has 0 spiro atoms. The number of hydrogen-bond acceptors (Lipinski definition) is 5. The second-order valence-corrected chi connectivity index (χ2v) is 6.62. The fourth-order valence-corrected chi connectivity index (χ4v) is 2.76. The van der Waals surface area contributed by atoms with E-state index < -0.39 is 28.3 Å². The SMILES string of the molecule is Cc1ccc(S(=O)(=O)OC(Oc2ccc(F)cc2)[C@@H](C)O)cc1. The van der Waals surface area contributed by atoms with Gasteiger partial charge in [-0.3, -0.25) is 0 Å². The van der Waals surface area contributed by atoms with Crippen molar-refractivity contribution in [3.63, 3.8) is 0 Å². The van der Waals surface area contributed by atoms with Crippen molar-refractivity contribution < 1.29 is 26.8 Å². The third-order valence-corrected chi connectivity index (χ3v) is 4.28. The first-order chi connectivity index (χ1) is 10.8. The maximum atomic E-state index is 12.9. The maximum Gasteiger partial charge on any atom is 0.300 e. The Kier molecular flexibility index (Phi) is 5.35. The van der Waals surface area contributed by atoms with Crippen LogP contribution in [0.5, 0.6) is 5.75 Å². The highest BCUT2D eigenvalue weighted by Gasteiger charge is 2.27. The molecule has 23 heavy (non-hydrogen) atoms. The summed E-state index contributed by atoms with van der Waals surface area (Å²) in [7, 11) is -4.11. The van der Waals surface area contributed by atoms with Gasteiger partial charge in [0.2, 0.25) is 6.29 Å². The normalized spacial score (nSPS) is 14.3. The number of rotatable bonds is 6. The van der Waals surface area contributed by atoms with Crippen LogP contribution < -0.4 is 4.74 Å². The smallest absolute Gasteiger partial charge is 0.300 e. The van der Waals surface area contributed by atoms with Gasteiger partial charge in [-0.1, -0.05) is 17.7 Å². The maximum absolute atomic E-state index is 12.9. The van der Waals surface area contributed by atoms with E-state index in [9.17, 15) is 17.9 Å². The van der Waals surface area contributed by atoms with Gasteiger partial charge in [0.15, 0.2) is 0 Å². The van der Waals surface area contributed by atoms with E-state index in [0.29, 0.717) is 0 Å². The summed E-state index contributed by atoms with van der Waals surface area (Å²) in [6, 6.07) is 11.0. The first-order valence-electron chi connectivity index (χ1n) is 6.88. The lowest BCUT2D eigenvalue weighted by Gasteiger charge is -2.21. The zero-order chi connectivity index (χ0) is 17.0. The van der Waals surface area contributed by atoms with E-state index >= 15 is 0 Å². The van der Waals surface area contributed by atoms with Crippen LogP contribution >= 0.6 is 0 Å². The number of ether oxygens (including phenoxy) is 1. The molecule has 1 unspecified atom stereocenters. The minimum atomic E-state index is -4.11. The Bertz CT molecular complexity index is 739. The van der Waals surface area contributed by atoms with Crippen molar-refractivity contribution in [1.82, 2.24) is 0 Å². The van der Waals surface area contributed by atoms with Crippen LogP contribution in [0.25, 0.3) is 0 Å². The van der Waals surface area contributed by atoms with Crippen molar-refractivity contribution >= 4 is 10.1 Å². The first-order valence-corrected chi connectivity index (χ1v) is 8.29. The molecule has 0 radical (unpaired) electrons. The zero-order valence-electron chi connectivity index (χ0n) is 12.6. The van der Waals surface area contributed by atoms with E-state index in [0.717, 1.165) is 17.7 Å². The predicted octanol–water partition coefficient (Wildman–Crippen LogP) is 2.63. The molecule has 0 saturated carbocycles. The van der Waals surface area contributed by atoms with Gasteiger partial charge in [-0.25, -0.2) is 8.57 Å². The lowest BCUT2D eigenvalue weighted by Crippen LogP contribution is -2.34. The van der Waals surface area contributed by atoms with Crippen LogP contribution in [0.15, 0.2) is 53.4 Å². The zero-order valence-corrected chi connectivity index (χ0v) is 13.5. The largest absolute Gasteiger partial charge is 0.461 e. The molecule has 7 heteroatoms. The monoisotopic (exact) mass is 340 g/mol. The summed E-state index contributed by atoms with van der Waals surface area (Å²) >= 11 is 0. The summed E-state index contributed by atoms with van der Waals surface area (Å²) in [6.07, 6.45) is -2.67. The van der Waals surface area contributed by atoms with Crippen molar-refractivity contribution in [1.29, 1.82) is 0 Å². The number of benzene rings is 2. The van der Waals surface area contributed by atoms with E-state index in [2.05, 4.69) is 0 Å². The minimum absolute atomic E-state index is 0.0449. The van der Waals surface area contributed by atoms with Gasteiger partial charge in [-0.2, -0.15) is 8.42 Å². The van der Waals surface area contributed by atoms with Gasteiger partial charge >= 0.3 is 0 Å². The van der Waals surface area contributed by atoms with E-state index in [1.165, 1.54) is 31.2 Å². The minimum Gasteiger partial charge on any atom is -0.461 e. The van der Waals surface area contributed by atoms with Crippen molar-refractivity contribution in [3.8, 4) is 5.75 Å². The lowest BCUT2D eigenvalue weighted by atomic mass is 10.2. The van der Waals surface area contributed by atoms with E-state index in [1.807, 2.05) is 6.92 Å². The number of hydrogen-bond donors (Lipinski definition) is 1. The molecule has 2 aromatic rings. The van der Waals surface area contributed by atoms with Gasteiger partial charge in [0.05, 0.1) is 4.90 Å². The van der Waals surface area contributed by atoms with Crippen LogP contribution in [-0.2, 0) is 14.3 Å². The second kappa shape index (κ2) is 7.08. The summed E-state index contributed by atoms with van der Waals surface area (Å²) in [5.74, 6) is -0.282. The van der Waals surface area contributed by atoms with E-state index in [1.54, 1.807) is 12.1 Å². The molecule has 0 saturated heterocycles. The molecule has 5 nitrogen and oxygen atoms in total. The van der Waals surface area contributed by atoms with Gasteiger partial charge < -0.3 is 9.84 Å². The number of aliphatic hydroxyl groups is 1. The van der Waals surface area contributed by atoms with Crippen molar-refractivity contribution in [2.24, 2.45) is 0 Å². The Morgan fingerprint density at radius 1 is 1.04 bits per heavy atom. The lowest BCUT2D eigenvalue weighted by molar-refractivity contribution is -0.0741. The van der Waals surface area contributed by atoms with Gasteiger partial charge in [0.25, 0.3) is 10.1 Å². The Morgan fingerprint density at radius 2 is 1.61 bits per heavy atom. The highest BCUT2D eigenvalue weighted by molar-refractivity contribution is 7.86. The third kappa shape index (κ3) is 4.75. The predicted molar refractivity (Wildman–Crippen MR) is 81.9 cm³/mol. The molecule has 0 aromatic heterocycles. The summed E-state index contributed by atoms with van der Waals surface area (Å²) in [6.45, 7) is 3.16. The molecule has 0 bridgehead atoms. The Morgan fingerprint density at radius 3 is 2.13 bits per heavy atom. The molecule has 2 rings (SSSR count). The van der Waals surface area contributed by atoms with E-state index in [4.69, 9.17) is 8.92 Å². The average molecular weight is 340 g/mol. The van der Waals surface area contributed by atoms with Gasteiger partial charge in [-0.15, -0.1) is 0 Å².